The first kappa shape index (κ1) is 13.4. The van der Waals surface area contributed by atoms with Crippen LogP contribution in [-0.2, 0) is 11.8 Å². The molecule has 1 aromatic heterocycles. The first-order valence-corrected chi connectivity index (χ1v) is 6.13. The van der Waals surface area contributed by atoms with Gasteiger partial charge < -0.3 is 15.2 Å². The maximum atomic E-state index is 12.0. The minimum atomic E-state index is -0.795. The molecule has 0 aromatic carbocycles. The number of ether oxygens (including phenoxy) is 1. The molecule has 19 heavy (non-hydrogen) atoms. The number of rotatable bonds is 4. The second-order valence-electron chi connectivity index (χ2n) is 4.71. The van der Waals surface area contributed by atoms with Gasteiger partial charge >= 0.3 is 5.97 Å². The Hall–Kier alpha value is -2.05. The van der Waals surface area contributed by atoms with Crippen molar-refractivity contribution in [3.05, 3.63) is 11.8 Å². The van der Waals surface area contributed by atoms with Crippen molar-refractivity contribution in [3.8, 4) is 5.88 Å². The first-order valence-electron chi connectivity index (χ1n) is 6.13. The summed E-state index contributed by atoms with van der Waals surface area (Å²) >= 11 is 0. The van der Waals surface area contributed by atoms with Gasteiger partial charge in [0.05, 0.1) is 13.0 Å². The number of aromatic nitrogens is 2. The van der Waals surface area contributed by atoms with Crippen molar-refractivity contribution in [2.75, 3.05) is 7.11 Å². The van der Waals surface area contributed by atoms with Crippen LogP contribution in [0.4, 0.5) is 0 Å². The number of carbonyl (C=O) groups excluding carboxylic acids is 1. The lowest BCUT2D eigenvalue weighted by Gasteiger charge is -2.10. The highest BCUT2D eigenvalue weighted by Gasteiger charge is 2.31. The Balaban J connectivity index is 1.96. The molecule has 0 spiro atoms. The fourth-order valence-corrected chi connectivity index (χ4v) is 2.35. The molecular formula is C12H17N3O4. The van der Waals surface area contributed by atoms with Crippen molar-refractivity contribution in [1.82, 2.24) is 15.1 Å². The van der Waals surface area contributed by atoms with E-state index in [1.807, 2.05) is 0 Å². The molecule has 1 saturated carbocycles. The molecule has 0 aliphatic heterocycles. The van der Waals surface area contributed by atoms with E-state index in [1.54, 1.807) is 13.1 Å². The van der Waals surface area contributed by atoms with Crippen LogP contribution >= 0.6 is 0 Å². The zero-order valence-electron chi connectivity index (χ0n) is 10.9. The minimum absolute atomic E-state index is 0.0957. The summed E-state index contributed by atoms with van der Waals surface area (Å²) in [6.07, 6.45) is 1.77. The van der Waals surface area contributed by atoms with E-state index in [0.717, 1.165) is 0 Å². The summed E-state index contributed by atoms with van der Waals surface area (Å²) in [6, 6.07) is 1.46. The molecule has 0 saturated heterocycles. The zero-order chi connectivity index (χ0) is 14.0. The molecular weight excluding hydrogens is 250 g/mol. The third kappa shape index (κ3) is 2.86. The highest BCUT2D eigenvalue weighted by atomic mass is 16.5. The van der Waals surface area contributed by atoms with Crippen molar-refractivity contribution in [2.24, 2.45) is 13.0 Å². The molecule has 2 rings (SSSR count). The zero-order valence-corrected chi connectivity index (χ0v) is 10.9. The number of carboxylic acid groups (broad SMARTS) is 1. The second-order valence-corrected chi connectivity index (χ2v) is 4.71. The summed E-state index contributed by atoms with van der Waals surface area (Å²) in [7, 11) is 3.19. The maximum absolute atomic E-state index is 12.0. The van der Waals surface area contributed by atoms with Gasteiger partial charge in [-0.2, -0.15) is 5.10 Å². The van der Waals surface area contributed by atoms with Gasteiger partial charge in [0.25, 0.3) is 5.91 Å². The molecule has 7 heteroatoms. The van der Waals surface area contributed by atoms with Gasteiger partial charge in [0.15, 0.2) is 5.69 Å². The molecule has 1 aromatic rings. The van der Waals surface area contributed by atoms with E-state index >= 15 is 0 Å². The van der Waals surface area contributed by atoms with Crippen LogP contribution in [0.1, 0.15) is 29.8 Å². The number of hydrogen-bond donors (Lipinski definition) is 2. The molecule has 0 bridgehead atoms. The largest absolute Gasteiger partial charge is 0.481 e. The van der Waals surface area contributed by atoms with Crippen molar-refractivity contribution in [3.63, 3.8) is 0 Å². The molecule has 7 nitrogen and oxygen atoms in total. The van der Waals surface area contributed by atoms with Gasteiger partial charge in [-0.3, -0.25) is 9.59 Å². The van der Waals surface area contributed by atoms with Crippen LogP contribution in [0.25, 0.3) is 0 Å². The summed E-state index contributed by atoms with van der Waals surface area (Å²) in [5.74, 6) is -0.949. The monoisotopic (exact) mass is 267 g/mol. The van der Waals surface area contributed by atoms with Crippen LogP contribution in [0.15, 0.2) is 6.07 Å². The van der Waals surface area contributed by atoms with Gasteiger partial charge in [-0.25, -0.2) is 4.68 Å². The summed E-state index contributed by atoms with van der Waals surface area (Å²) in [6.45, 7) is 0. The predicted octanol–water partition coefficient (Wildman–Crippen LogP) is 0.412. The van der Waals surface area contributed by atoms with E-state index < -0.39 is 5.97 Å². The molecule has 1 heterocycles. The number of aryl methyl sites for hydroxylation is 1. The highest BCUT2D eigenvalue weighted by Crippen LogP contribution is 2.26. The quantitative estimate of drug-likeness (QED) is 0.824. The van der Waals surface area contributed by atoms with Gasteiger partial charge in [0.2, 0.25) is 5.88 Å². The number of aliphatic carboxylic acids is 1. The normalized spacial score (nSPS) is 22.2. The Labute approximate surface area is 110 Å². The average Bonchev–Trinajstić information content (AvgIpc) is 2.95. The summed E-state index contributed by atoms with van der Waals surface area (Å²) in [5.41, 5.74) is 0.276. The highest BCUT2D eigenvalue weighted by molar-refractivity contribution is 5.92. The second kappa shape index (κ2) is 5.29. The van der Waals surface area contributed by atoms with E-state index in [0.29, 0.717) is 25.1 Å². The van der Waals surface area contributed by atoms with Crippen molar-refractivity contribution in [1.29, 1.82) is 0 Å². The Morgan fingerprint density at radius 2 is 2.26 bits per heavy atom. The predicted molar refractivity (Wildman–Crippen MR) is 66.0 cm³/mol. The van der Waals surface area contributed by atoms with Crippen molar-refractivity contribution < 1.29 is 19.4 Å². The van der Waals surface area contributed by atoms with E-state index in [4.69, 9.17) is 9.84 Å². The topological polar surface area (TPSA) is 93.4 Å². The SMILES string of the molecule is COc1cc(C(=O)NC2CCC(C(=O)O)C2)nn1C. The Bertz CT molecular complexity index is 497. The number of methoxy groups -OCH3 is 1. The van der Waals surface area contributed by atoms with Crippen LogP contribution in [0, 0.1) is 5.92 Å². The Morgan fingerprint density at radius 3 is 2.79 bits per heavy atom. The molecule has 2 N–H and O–H groups in total. The fourth-order valence-electron chi connectivity index (χ4n) is 2.35. The third-order valence-electron chi connectivity index (χ3n) is 3.40. The molecule has 1 fully saturated rings. The van der Waals surface area contributed by atoms with E-state index in [2.05, 4.69) is 10.4 Å². The van der Waals surface area contributed by atoms with Crippen LogP contribution < -0.4 is 10.1 Å². The molecule has 0 radical (unpaired) electrons. The summed E-state index contributed by atoms with van der Waals surface area (Å²) < 4.78 is 6.51. The molecule has 1 aliphatic rings. The molecule has 2 atom stereocenters. The van der Waals surface area contributed by atoms with Gasteiger partial charge in [0, 0.05) is 19.2 Å². The lowest BCUT2D eigenvalue weighted by atomic mass is 10.1. The van der Waals surface area contributed by atoms with Gasteiger partial charge in [-0.15, -0.1) is 0 Å². The number of nitrogens with zero attached hydrogens (tertiary/aromatic N) is 2. The van der Waals surface area contributed by atoms with Gasteiger partial charge in [0.1, 0.15) is 0 Å². The van der Waals surface area contributed by atoms with Crippen LogP contribution in [0.5, 0.6) is 5.88 Å². The lowest BCUT2D eigenvalue weighted by Crippen LogP contribution is -2.33. The number of amides is 1. The van der Waals surface area contributed by atoms with Gasteiger partial charge in [-0.05, 0) is 19.3 Å². The maximum Gasteiger partial charge on any atom is 0.306 e. The Kier molecular flexibility index (Phi) is 3.73. The van der Waals surface area contributed by atoms with Crippen LogP contribution in [0.3, 0.4) is 0 Å². The van der Waals surface area contributed by atoms with Crippen molar-refractivity contribution >= 4 is 11.9 Å². The fraction of sp³-hybridized carbons (Fsp3) is 0.583. The average molecular weight is 267 g/mol. The standard InChI is InChI=1S/C12H17N3O4/c1-15-10(19-2)6-9(14-15)11(16)13-8-4-3-7(5-8)12(17)18/h6-8H,3-5H2,1-2H3,(H,13,16)(H,17,18). The number of carbonyl (C=O) groups is 2. The molecule has 104 valence electrons. The molecule has 2 unspecified atom stereocenters. The summed E-state index contributed by atoms with van der Waals surface area (Å²) in [4.78, 5) is 22.8. The molecule has 1 aliphatic carbocycles. The van der Waals surface area contributed by atoms with Crippen LogP contribution in [0.2, 0.25) is 0 Å². The van der Waals surface area contributed by atoms with Crippen LogP contribution in [-0.4, -0.2) is 39.9 Å². The van der Waals surface area contributed by atoms with E-state index in [-0.39, 0.29) is 23.6 Å². The number of carboxylic acids is 1. The Morgan fingerprint density at radius 1 is 1.53 bits per heavy atom. The summed E-state index contributed by atoms with van der Waals surface area (Å²) in [5, 5.41) is 15.8. The lowest BCUT2D eigenvalue weighted by molar-refractivity contribution is -0.141. The van der Waals surface area contributed by atoms with E-state index in [1.165, 1.54) is 11.8 Å². The third-order valence-corrected chi connectivity index (χ3v) is 3.40. The number of nitrogens with one attached hydrogen (secondary N) is 1. The first-order chi connectivity index (χ1) is 9.01. The minimum Gasteiger partial charge on any atom is -0.481 e. The smallest absolute Gasteiger partial charge is 0.306 e. The number of hydrogen-bond acceptors (Lipinski definition) is 4. The van der Waals surface area contributed by atoms with Gasteiger partial charge in [-0.1, -0.05) is 0 Å². The van der Waals surface area contributed by atoms with Crippen molar-refractivity contribution in [2.45, 2.75) is 25.3 Å². The van der Waals surface area contributed by atoms with E-state index in [9.17, 15) is 9.59 Å². The molecule has 1 amide bonds.